The van der Waals surface area contributed by atoms with Crippen molar-refractivity contribution in [2.75, 3.05) is 4.72 Å². The topological polar surface area (TPSA) is 72.2 Å². The molecular formula is C17H18N2O3S2. The van der Waals surface area contributed by atoms with Gasteiger partial charge in [0.15, 0.2) is 5.76 Å². The van der Waals surface area contributed by atoms with Gasteiger partial charge >= 0.3 is 0 Å². The molecule has 24 heavy (non-hydrogen) atoms. The fourth-order valence-electron chi connectivity index (χ4n) is 2.58. The fourth-order valence-corrected chi connectivity index (χ4v) is 5.51. The average Bonchev–Trinajstić information content (AvgIpc) is 3.04. The smallest absolute Gasteiger partial charge is 0.263 e. The Morgan fingerprint density at radius 2 is 1.71 bits per heavy atom. The number of sulfonamides is 1. The number of hydrogen-bond acceptors (Lipinski definition) is 5. The van der Waals surface area contributed by atoms with Crippen LogP contribution < -0.4 is 4.72 Å². The lowest BCUT2D eigenvalue weighted by atomic mass is 10.2. The van der Waals surface area contributed by atoms with Crippen LogP contribution in [-0.4, -0.2) is 13.6 Å². The summed E-state index contributed by atoms with van der Waals surface area (Å²) in [6.07, 6.45) is 0. The first-order valence-electron chi connectivity index (χ1n) is 7.41. The monoisotopic (exact) mass is 362 g/mol. The summed E-state index contributed by atoms with van der Waals surface area (Å²) in [5.41, 5.74) is 2.89. The molecule has 0 radical (unpaired) electrons. The molecule has 0 saturated carbocycles. The van der Waals surface area contributed by atoms with Crippen LogP contribution in [0.15, 0.2) is 39.8 Å². The van der Waals surface area contributed by atoms with E-state index in [0.717, 1.165) is 15.3 Å². The molecule has 2 aromatic heterocycles. The second kappa shape index (κ2) is 6.07. The zero-order valence-electron chi connectivity index (χ0n) is 13.9. The molecule has 1 N–H and O–H groups in total. The SMILES string of the molecule is Cc1ccc(NS(=O)(=O)c2c(C)sc(C)c2-c2cc(C)no2)cc1. The van der Waals surface area contributed by atoms with Gasteiger partial charge < -0.3 is 4.52 Å². The predicted octanol–water partition coefficient (Wildman–Crippen LogP) is 4.44. The van der Waals surface area contributed by atoms with Crippen LogP contribution in [-0.2, 0) is 10.0 Å². The van der Waals surface area contributed by atoms with Crippen molar-refractivity contribution in [3.63, 3.8) is 0 Å². The van der Waals surface area contributed by atoms with Crippen LogP contribution in [0.4, 0.5) is 5.69 Å². The van der Waals surface area contributed by atoms with Gasteiger partial charge in [0.2, 0.25) is 0 Å². The molecule has 0 saturated heterocycles. The lowest BCUT2D eigenvalue weighted by Gasteiger charge is -2.10. The molecule has 0 aliphatic rings. The van der Waals surface area contributed by atoms with Crippen LogP contribution >= 0.6 is 11.3 Å². The zero-order chi connectivity index (χ0) is 17.5. The fraction of sp³-hybridized carbons (Fsp3) is 0.235. The Morgan fingerprint density at radius 1 is 1.04 bits per heavy atom. The maximum atomic E-state index is 13.0. The van der Waals surface area contributed by atoms with Gasteiger partial charge in [0.1, 0.15) is 4.90 Å². The number of anilines is 1. The summed E-state index contributed by atoms with van der Waals surface area (Å²) in [5.74, 6) is 0.471. The average molecular weight is 362 g/mol. The second-order valence-corrected chi connectivity index (χ2v) is 8.77. The van der Waals surface area contributed by atoms with Crippen molar-refractivity contribution in [2.45, 2.75) is 32.6 Å². The van der Waals surface area contributed by atoms with E-state index in [1.165, 1.54) is 11.3 Å². The zero-order valence-corrected chi connectivity index (χ0v) is 15.5. The Morgan fingerprint density at radius 3 is 2.29 bits per heavy atom. The largest absolute Gasteiger partial charge is 0.356 e. The summed E-state index contributed by atoms with van der Waals surface area (Å²) >= 11 is 1.43. The van der Waals surface area contributed by atoms with E-state index in [1.807, 2.05) is 26.0 Å². The standard InChI is InChI=1S/C17H18N2O3S2/c1-10-5-7-14(8-6-10)19-24(20,21)17-13(4)23-12(3)16(17)15-9-11(2)18-22-15/h5-9,19H,1-4H3. The number of thiophene rings is 1. The molecule has 7 heteroatoms. The van der Waals surface area contributed by atoms with Crippen LogP contribution in [0, 0.1) is 27.7 Å². The summed E-state index contributed by atoms with van der Waals surface area (Å²) in [4.78, 5) is 1.85. The third-order valence-corrected chi connectivity index (χ3v) is 6.35. The molecule has 0 amide bonds. The summed E-state index contributed by atoms with van der Waals surface area (Å²) in [6.45, 7) is 7.44. The highest BCUT2D eigenvalue weighted by Gasteiger charge is 2.28. The van der Waals surface area contributed by atoms with Gasteiger partial charge in [0.05, 0.1) is 11.3 Å². The Bertz CT molecular complexity index is 984. The summed E-state index contributed by atoms with van der Waals surface area (Å²) in [5, 5.41) is 3.87. The van der Waals surface area contributed by atoms with Crippen molar-refractivity contribution in [3.8, 4) is 11.3 Å². The Balaban J connectivity index is 2.09. The van der Waals surface area contributed by atoms with Gasteiger partial charge in [-0.15, -0.1) is 11.3 Å². The Kier molecular flexibility index (Phi) is 4.23. The molecule has 2 heterocycles. The number of aryl methyl sites for hydroxylation is 4. The van der Waals surface area contributed by atoms with Crippen LogP contribution in [0.25, 0.3) is 11.3 Å². The molecule has 0 unspecified atom stereocenters. The minimum atomic E-state index is -3.73. The van der Waals surface area contributed by atoms with Gasteiger partial charge in [-0.3, -0.25) is 4.72 Å². The van der Waals surface area contributed by atoms with E-state index in [4.69, 9.17) is 4.52 Å². The van der Waals surface area contributed by atoms with Crippen molar-refractivity contribution >= 4 is 27.0 Å². The van der Waals surface area contributed by atoms with E-state index in [2.05, 4.69) is 9.88 Å². The molecule has 0 fully saturated rings. The van der Waals surface area contributed by atoms with Crippen LogP contribution in [0.2, 0.25) is 0 Å². The molecule has 0 aliphatic carbocycles. The van der Waals surface area contributed by atoms with Gasteiger partial charge in [-0.1, -0.05) is 22.9 Å². The summed E-state index contributed by atoms with van der Waals surface area (Å²) in [7, 11) is -3.73. The third kappa shape index (κ3) is 3.09. The second-order valence-electron chi connectivity index (χ2n) is 5.72. The minimum Gasteiger partial charge on any atom is -0.356 e. The first-order valence-corrected chi connectivity index (χ1v) is 9.71. The number of nitrogens with one attached hydrogen (secondary N) is 1. The van der Waals surface area contributed by atoms with Gasteiger partial charge in [0, 0.05) is 21.5 Å². The van der Waals surface area contributed by atoms with Gasteiger partial charge in [-0.05, 0) is 39.8 Å². The van der Waals surface area contributed by atoms with E-state index in [1.54, 1.807) is 32.0 Å². The molecule has 1 aromatic carbocycles. The molecular weight excluding hydrogens is 344 g/mol. The number of hydrogen-bond donors (Lipinski definition) is 1. The van der Waals surface area contributed by atoms with Crippen LogP contribution in [0.5, 0.6) is 0 Å². The molecule has 3 rings (SSSR count). The van der Waals surface area contributed by atoms with Gasteiger partial charge in [-0.25, -0.2) is 8.42 Å². The maximum absolute atomic E-state index is 13.0. The van der Waals surface area contributed by atoms with E-state index >= 15 is 0 Å². The highest BCUT2D eigenvalue weighted by molar-refractivity contribution is 7.93. The highest BCUT2D eigenvalue weighted by atomic mass is 32.2. The molecule has 126 valence electrons. The van der Waals surface area contributed by atoms with E-state index in [0.29, 0.717) is 22.7 Å². The molecule has 0 spiro atoms. The number of aromatic nitrogens is 1. The lowest BCUT2D eigenvalue weighted by molar-refractivity contribution is 0.426. The third-order valence-electron chi connectivity index (χ3n) is 3.65. The minimum absolute atomic E-state index is 0.252. The quantitative estimate of drug-likeness (QED) is 0.745. The highest BCUT2D eigenvalue weighted by Crippen LogP contribution is 2.39. The molecule has 5 nitrogen and oxygen atoms in total. The van der Waals surface area contributed by atoms with E-state index < -0.39 is 10.0 Å². The van der Waals surface area contributed by atoms with Crippen molar-refractivity contribution < 1.29 is 12.9 Å². The number of rotatable bonds is 4. The van der Waals surface area contributed by atoms with Crippen molar-refractivity contribution in [1.29, 1.82) is 0 Å². The predicted molar refractivity (Wildman–Crippen MR) is 96.0 cm³/mol. The van der Waals surface area contributed by atoms with Crippen molar-refractivity contribution in [1.82, 2.24) is 5.16 Å². The lowest BCUT2D eigenvalue weighted by Crippen LogP contribution is -2.14. The number of benzene rings is 1. The summed E-state index contributed by atoms with van der Waals surface area (Å²) in [6, 6.07) is 8.98. The molecule has 0 atom stereocenters. The molecule has 0 bridgehead atoms. The normalized spacial score (nSPS) is 11.7. The van der Waals surface area contributed by atoms with Crippen molar-refractivity contribution in [3.05, 3.63) is 51.3 Å². The first kappa shape index (κ1) is 16.7. The van der Waals surface area contributed by atoms with Crippen molar-refractivity contribution in [2.24, 2.45) is 0 Å². The van der Waals surface area contributed by atoms with Gasteiger partial charge in [0.25, 0.3) is 10.0 Å². The van der Waals surface area contributed by atoms with Gasteiger partial charge in [-0.2, -0.15) is 0 Å². The Labute approximate surface area is 145 Å². The maximum Gasteiger partial charge on any atom is 0.263 e. The first-order chi connectivity index (χ1) is 11.3. The molecule has 0 aliphatic heterocycles. The Hall–Kier alpha value is -2.12. The van der Waals surface area contributed by atoms with Crippen LogP contribution in [0.3, 0.4) is 0 Å². The van der Waals surface area contributed by atoms with E-state index in [-0.39, 0.29) is 4.90 Å². The van der Waals surface area contributed by atoms with Crippen LogP contribution in [0.1, 0.15) is 21.0 Å². The summed E-state index contributed by atoms with van der Waals surface area (Å²) < 4.78 is 33.9. The van der Waals surface area contributed by atoms with E-state index in [9.17, 15) is 8.42 Å². The number of nitrogens with zero attached hydrogens (tertiary/aromatic N) is 1. The molecule has 3 aromatic rings.